The number of hydrogen-bond acceptors (Lipinski definition) is 4. The second kappa shape index (κ2) is 8.65. The van der Waals surface area contributed by atoms with Gasteiger partial charge in [-0.05, 0) is 68.1 Å². The maximum absolute atomic E-state index is 10.8. The van der Waals surface area contributed by atoms with Crippen LogP contribution in [0.5, 0.6) is 11.5 Å². The van der Waals surface area contributed by atoms with Crippen LogP contribution in [0.25, 0.3) is 20.8 Å². The molecule has 0 saturated carbocycles. The van der Waals surface area contributed by atoms with E-state index in [4.69, 9.17) is 14.8 Å². The number of carboxylic acid groups (broad SMARTS) is 1. The quantitative estimate of drug-likeness (QED) is 0.283. The topological polar surface area (TPSA) is 59.4 Å². The lowest BCUT2D eigenvalue weighted by atomic mass is 10.1. The minimum atomic E-state index is -0.815. The highest BCUT2D eigenvalue weighted by Crippen LogP contribution is 2.39. The van der Waals surface area contributed by atoms with Crippen LogP contribution in [0.1, 0.15) is 12.0 Å². The smallest absolute Gasteiger partial charge is 0.303 e. The highest BCUT2D eigenvalue weighted by atomic mass is 79.9. The molecule has 0 aliphatic carbocycles. The molecule has 0 bridgehead atoms. The van der Waals surface area contributed by atoms with Gasteiger partial charge in [0.2, 0.25) is 0 Å². The fourth-order valence-corrected chi connectivity index (χ4v) is 5.34. The first kappa shape index (κ1) is 20.1. The zero-order valence-corrected chi connectivity index (χ0v) is 19.1. The first-order valence-electron chi connectivity index (χ1n) is 8.83. The highest BCUT2D eigenvalue weighted by Gasteiger charge is 2.13. The molecule has 0 amide bonds. The fourth-order valence-electron chi connectivity index (χ4n) is 2.90. The lowest BCUT2D eigenvalue weighted by Gasteiger charge is -2.12. The van der Waals surface area contributed by atoms with Gasteiger partial charge in [-0.25, -0.2) is 4.98 Å². The number of carbonyl (C=O) groups is 1. The molecule has 1 heterocycles. The van der Waals surface area contributed by atoms with E-state index in [9.17, 15) is 4.79 Å². The third kappa shape index (κ3) is 4.69. The summed E-state index contributed by atoms with van der Waals surface area (Å²) in [6, 6.07) is 19.7. The molecule has 0 aliphatic rings. The van der Waals surface area contributed by atoms with Gasteiger partial charge in [-0.15, -0.1) is 11.3 Å². The maximum Gasteiger partial charge on any atom is 0.303 e. The van der Waals surface area contributed by atoms with Crippen molar-refractivity contribution in [1.29, 1.82) is 0 Å². The van der Waals surface area contributed by atoms with E-state index in [0.29, 0.717) is 17.9 Å². The average Bonchev–Trinajstić information content (AvgIpc) is 3.13. The van der Waals surface area contributed by atoms with Crippen molar-refractivity contribution in [3.8, 4) is 22.1 Å². The molecule has 0 unspecified atom stereocenters. The number of halogens is 2. The Labute approximate surface area is 188 Å². The van der Waals surface area contributed by atoms with E-state index in [1.54, 1.807) is 11.3 Å². The van der Waals surface area contributed by atoms with Crippen LogP contribution in [-0.4, -0.2) is 16.1 Å². The van der Waals surface area contributed by atoms with Gasteiger partial charge in [0.1, 0.15) is 10.8 Å². The maximum atomic E-state index is 10.8. The molecule has 4 aromatic rings. The third-order valence-corrected chi connectivity index (χ3v) is 6.53. The molecule has 4 rings (SSSR count). The predicted octanol–water partition coefficient (Wildman–Crippen LogP) is 7.30. The van der Waals surface area contributed by atoms with Gasteiger partial charge in [-0.1, -0.05) is 30.3 Å². The van der Waals surface area contributed by atoms with Gasteiger partial charge < -0.3 is 9.84 Å². The molecule has 3 aromatic carbocycles. The number of thiazole rings is 1. The number of aryl methyl sites for hydroxylation is 1. The average molecular weight is 533 g/mol. The van der Waals surface area contributed by atoms with Gasteiger partial charge in [-0.3, -0.25) is 4.79 Å². The van der Waals surface area contributed by atoms with E-state index in [0.717, 1.165) is 35.3 Å². The molecule has 4 nitrogen and oxygen atoms in total. The standard InChI is InChI=1S/C22H15Br2NO3S/c23-16-10-13(6-9-20(26)27)11-17(24)21(16)28-15-7-8-18-19(12-15)29-22(25-18)14-4-2-1-3-5-14/h1-5,7-8,10-12H,6,9H2,(H,26,27). The van der Waals surface area contributed by atoms with Crippen molar-refractivity contribution in [2.45, 2.75) is 12.8 Å². The van der Waals surface area contributed by atoms with Gasteiger partial charge >= 0.3 is 5.97 Å². The number of aliphatic carboxylic acids is 1. The number of benzene rings is 3. The summed E-state index contributed by atoms with van der Waals surface area (Å²) in [7, 11) is 0. The predicted molar refractivity (Wildman–Crippen MR) is 123 cm³/mol. The van der Waals surface area contributed by atoms with E-state index in [2.05, 4.69) is 44.0 Å². The van der Waals surface area contributed by atoms with Crippen molar-refractivity contribution in [1.82, 2.24) is 4.98 Å². The van der Waals surface area contributed by atoms with Crippen LogP contribution in [0.4, 0.5) is 0 Å². The van der Waals surface area contributed by atoms with Crippen molar-refractivity contribution in [2.24, 2.45) is 0 Å². The largest absolute Gasteiger partial charge is 0.481 e. The number of fused-ring (bicyclic) bond motifs is 1. The Hall–Kier alpha value is -2.22. The monoisotopic (exact) mass is 531 g/mol. The SMILES string of the molecule is O=C(O)CCc1cc(Br)c(Oc2ccc3nc(-c4ccccc4)sc3c2)c(Br)c1. The Bertz CT molecular complexity index is 1170. The Morgan fingerprint density at radius 2 is 1.76 bits per heavy atom. The minimum absolute atomic E-state index is 0.0882. The van der Waals surface area contributed by atoms with Crippen LogP contribution in [0.3, 0.4) is 0 Å². The molecule has 0 radical (unpaired) electrons. The molecule has 7 heteroatoms. The second-order valence-electron chi connectivity index (χ2n) is 6.40. The van der Waals surface area contributed by atoms with Gasteiger partial charge in [-0.2, -0.15) is 0 Å². The van der Waals surface area contributed by atoms with E-state index in [1.165, 1.54) is 0 Å². The number of aromatic nitrogens is 1. The van der Waals surface area contributed by atoms with Crippen molar-refractivity contribution in [3.63, 3.8) is 0 Å². The van der Waals surface area contributed by atoms with E-state index < -0.39 is 5.97 Å². The molecule has 0 fully saturated rings. The van der Waals surface area contributed by atoms with Crippen molar-refractivity contribution in [3.05, 3.63) is 75.2 Å². The molecule has 29 heavy (non-hydrogen) atoms. The zero-order chi connectivity index (χ0) is 20.4. The van der Waals surface area contributed by atoms with E-state index in [1.807, 2.05) is 48.5 Å². The zero-order valence-electron chi connectivity index (χ0n) is 15.1. The molecule has 0 atom stereocenters. The Kier molecular flexibility index (Phi) is 5.99. The first-order chi connectivity index (χ1) is 14.0. The van der Waals surface area contributed by atoms with Gasteiger partial charge in [0.05, 0.1) is 19.2 Å². The number of hydrogen-bond donors (Lipinski definition) is 1. The lowest BCUT2D eigenvalue weighted by molar-refractivity contribution is -0.136. The molecule has 0 spiro atoms. The second-order valence-corrected chi connectivity index (χ2v) is 9.14. The molecule has 1 N–H and O–H groups in total. The van der Waals surface area contributed by atoms with Crippen LogP contribution >= 0.6 is 43.2 Å². The Morgan fingerprint density at radius 3 is 2.45 bits per heavy atom. The Morgan fingerprint density at radius 1 is 1.03 bits per heavy atom. The molecule has 0 aliphatic heterocycles. The Balaban J connectivity index is 1.60. The molecule has 1 aromatic heterocycles. The number of carboxylic acids is 1. The normalized spacial score (nSPS) is 11.0. The summed E-state index contributed by atoms with van der Waals surface area (Å²) in [5.74, 6) is 0.543. The fraction of sp³-hybridized carbons (Fsp3) is 0.0909. The van der Waals surface area contributed by atoms with Crippen molar-refractivity contribution in [2.75, 3.05) is 0 Å². The van der Waals surface area contributed by atoms with E-state index >= 15 is 0 Å². The summed E-state index contributed by atoms with van der Waals surface area (Å²) >= 11 is 8.69. The highest BCUT2D eigenvalue weighted by molar-refractivity contribution is 9.11. The summed E-state index contributed by atoms with van der Waals surface area (Å²) in [5, 5.41) is 9.85. The lowest BCUT2D eigenvalue weighted by Crippen LogP contribution is -1.98. The van der Waals surface area contributed by atoms with E-state index in [-0.39, 0.29) is 6.42 Å². The van der Waals surface area contributed by atoms with Crippen LogP contribution in [-0.2, 0) is 11.2 Å². The minimum Gasteiger partial charge on any atom is -0.481 e. The van der Waals surface area contributed by atoms with Crippen LogP contribution in [0.15, 0.2) is 69.6 Å². The van der Waals surface area contributed by atoms with Crippen molar-refractivity contribution >= 4 is 59.4 Å². The molecule has 146 valence electrons. The third-order valence-electron chi connectivity index (χ3n) is 4.29. The summed E-state index contributed by atoms with van der Waals surface area (Å²) in [6.45, 7) is 0. The van der Waals surface area contributed by atoms with Gasteiger partial charge in [0.25, 0.3) is 0 Å². The van der Waals surface area contributed by atoms with Crippen molar-refractivity contribution < 1.29 is 14.6 Å². The summed E-state index contributed by atoms with van der Waals surface area (Å²) < 4.78 is 8.69. The van der Waals surface area contributed by atoms with Crippen LogP contribution in [0, 0.1) is 0 Å². The van der Waals surface area contributed by atoms with Gasteiger partial charge in [0, 0.05) is 18.1 Å². The number of nitrogens with zero attached hydrogens (tertiary/aromatic N) is 1. The number of rotatable bonds is 6. The summed E-state index contributed by atoms with van der Waals surface area (Å²) in [6.07, 6.45) is 0.548. The number of ether oxygens (including phenoxy) is 1. The molecule has 0 saturated heterocycles. The summed E-state index contributed by atoms with van der Waals surface area (Å²) in [5.41, 5.74) is 2.95. The van der Waals surface area contributed by atoms with Gasteiger partial charge in [0.15, 0.2) is 5.75 Å². The van der Waals surface area contributed by atoms with Crippen LogP contribution < -0.4 is 4.74 Å². The van der Waals surface area contributed by atoms with Crippen LogP contribution in [0.2, 0.25) is 0 Å². The molecular formula is C22H15Br2NO3S. The first-order valence-corrected chi connectivity index (χ1v) is 11.2. The molecular weight excluding hydrogens is 518 g/mol. The summed E-state index contributed by atoms with van der Waals surface area (Å²) in [4.78, 5) is 15.5.